The van der Waals surface area contributed by atoms with Gasteiger partial charge in [0.05, 0.1) is 27.1 Å². The van der Waals surface area contributed by atoms with Crippen molar-refractivity contribution in [1.29, 1.82) is 0 Å². The molecule has 10 nitrogen and oxygen atoms in total. The summed E-state index contributed by atoms with van der Waals surface area (Å²) >= 11 is 0. The molecule has 0 N–H and O–H groups in total. The third-order valence-electron chi connectivity index (χ3n) is 31.4. The molecule has 0 radical (unpaired) electrons. The summed E-state index contributed by atoms with van der Waals surface area (Å²) < 4.78 is 30.3. The van der Waals surface area contributed by atoms with Gasteiger partial charge in [0, 0.05) is 17.3 Å². The van der Waals surface area contributed by atoms with Crippen LogP contribution in [0.25, 0.3) is 0 Å². The molecule has 10 bridgehead atoms. The maximum absolute atomic E-state index is 12.6. The lowest BCUT2D eigenvalue weighted by atomic mass is 9.46. The van der Waals surface area contributed by atoms with Gasteiger partial charge in [0.2, 0.25) is 0 Å². The Kier molecular flexibility index (Phi) is 36.7. The largest absolute Gasteiger partial charge is 0.459 e. The van der Waals surface area contributed by atoms with E-state index in [2.05, 4.69) is 76.2 Å². The van der Waals surface area contributed by atoms with Crippen LogP contribution in [0.15, 0.2) is 0 Å². The Morgan fingerprint density at radius 1 is 0.318 bits per heavy atom. The molecule has 15 fully saturated rings. The van der Waals surface area contributed by atoms with Crippen molar-refractivity contribution in [2.24, 2.45) is 121 Å². The smallest absolute Gasteiger partial charge is 0.312 e. The van der Waals surface area contributed by atoms with Gasteiger partial charge >= 0.3 is 29.8 Å². The molecule has 0 amide bonds. The van der Waals surface area contributed by atoms with E-state index in [9.17, 15) is 24.0 Å². The molecule has 0 aliphatic heterocycles. The number of carbonyl (C=O) groups excluding carboxylic acids is 5. The average molecular weight is 1500 g/mol. The predicted molar refractivity (Wildman–Crippen MR) is 449 cm³/mol. The molecule has 11 unspecified atom stereocenters. The summed E-state index contributed by atoms with van der Waals surface area (Å²) in [6, 6.07) is 0. The molecule has 15 saturated carbocycles. The maximum atomic E-state index is 12.6. The van der Waals surface area contributed by atoms with Crippen molar-refractivity contribution in [2.75, 3.05) is 0 Å². The van der Waals surface area contributed by atoms with Gasteiger partial charge < -0.3 is 23.7 Å². The SMILES string of the molecule is CC.CC.CC.CC.CC.CCC(C)(C)C(=O)OC(C)(C)C12CC3CC(CC(C3)C1)C2.CCC(C)(C)C(=O)OC1(C)C2CC3CC(C2)CC1C3.CCC(C)(C)C(=O)OC1(C)CC2CC1C1CCCC21.CCC(C)(C)C(=O)OC1(C)CCC2CCCCC2C1.CCC(C)(C)C(=O)OC1(C)CCCC2CCCCC21. The van der Waals surface area contributed by atoms with Gasteiger partial charge in [-0.2, -0.15) is 0 Å². The fraction of sp³-hybridized carbons (Fsp3) is 0.948. The highest BCUT2D eigenvalue weighted by Crippen LogP contribution is 2.66. The molecule has 0 aromatic rings. The molecule has 0 heterocycles. The second kappa shape index (κ2) is 40.6. The fourth-order valence-electron chi connectivity index (χ4n) is 22.8. The minimum atomic E-state index is -0.362. The fourth-order valence-corrected chi connectivity index (χ4v) is 22.8. The summed E-state index contributed by atoms with van der Waals surface area (Å²) in [6.45, 7) is 63.5. The lowest BCUT2D eigenvalue weighted by Gasteiger charge is -2.61. The zero-order chi connectivity index (χ0) is 81.3. The van der Waals surface area contributed by atoms with E-state index in [1.165, 1.54) is 167 Å². The Morgan fingerprint density at radius 2 is 0.692 bits per heavy atom. The molecule has 0 aromatic carbocycles. The second-order valence-corrected chi connectivity index (χ2v) is 40.6. The molecule has 0 spiro atoms. The quantitative estimate of drug-likeness (QED) is 0.109. The average Bonchev–Trinajstić information content (AvgIpc) is 1.55. The van der Waals surface area contributed by atoms with Crippen LogP contribution in [-0.4, -0.2) is 57.9 Å². The van der Waals surface area contributed by atoms with Crippen LogP contribution >= 0.6 is 0 Å². The van der Waals surface area contributed by atoms with Gasteiger partial charge in [-0.3, -0.25) is 24.0 Å². The topological polar surface area (TPSA) is 132 Å². The van der Waals surface area contributed by atoms with E-state index < -0.39 is 0 Å². The number of hydrogen-bond acceptors (Lipinski definition) is 10. The minimum Gasteiger partial charge on any atom is -0.459 e. The molecule has 15 rings (SSSR count). The highest BCUT2D eigenvalue weighted by Gasteiger charge is 2.63. The number of carbonyl (C=O) groups is 5. The lowest BCUT2D eigenvalue weighted by molar-refractivity contribution is -0.211. The van der Waals surface area contributed by atoms with E-state index in [0.717, 1.165) is 123 Å². The van der Waals surface area contributed by atoms with Gasteiger partial charge in [-0.15, -0.1) is 0 Å². The Labute approximate surface area is 662 Å². The predicted octanol–water partition coefficient (Wildman–Crippen LogP) is 27.9. The summed E-state index contributed by atoms with van der Waals surface area (Å²) in [5.74, 6) is 12.2. The van der Waals surface area contributed by atoms with Crippen molar-refractivity contribution in [1.82, 2.24) is 0 Å². The van der Waals surface area contributed by atoms with Crippen LogP contribution in [0.3, 0.4) is 0 Å². The highest BCUT2D eigenvalue weighted by molar-refractivity contribution is 5.78. The van der Waals surface area contributed by atoms with Crippen molar-refractivity contribution < 1.29 is 47.7 Å². The van der Waals surface area contributed by atoms with Gasteiger partial charge in [-0.1, -0.05) is 155 Å². The summed E-state index contributed by atoms with van der Waals surface area (Å²) in [5.41, 5.74) is -2.52. The Bertz CT molecular complexity index is 2640. The number of rotatable bonds is 16. The zero-order valence-corrected chi connectivity index (χ0v) is 76.5. The van der Waals surface area contributed by atoms with Crippen LogP contribution in [0.4, 0.5) is 0 Å². The summed E-state index contributed by atoms with van der Waals surface area (Å²) in [4.78, 5) is 62.2. The van der Waals surface area contributed by atoms with Crippen LogP contribution in [-0.2, 0) is 47.7 Å². The van der Waals surface area contributed by atoms with Gasteiger partial charge in [0.1, 0.15) is 28.0 Å². The van der Waals surface area contributed by atoms with E-state index in [1.807, 2.05) is 138 Å². The first-order valence-corrected chi connectivity index (χ1v) is 46.3. The maximum Gasteiger partial charge on any atom is 0.312 e. The lowest BCUT2D eigenvalue weighted by Crippen LogP contribution is -2.58. The Balaban J connectivity index is 0.000000274. The van der Waals surface area contributed by atoms with Crippen LogP contribution in [0.1, 0.15) is 439 Å². The number of esters is 5. The molecule has 626 valence electrons. The van der Waals surface area contributed by atoms with Gasteiger partial charge in [0.25, 0.3) is 0 Å². The van der Waals surface area contributed by atoms with Crippen molar-refractivity contribution in [3.8, 4) is 0 Å². The first-order chi connectivity index (χ1) is 50.1. The Morgan fingerprint density at radius 3 is 1.15 bits per heavy atom. The monoisotopic (exact) mass is 1500 g/mol. The normalized spacial score (nSPS) is 36.3. The standard InChI is InChI=1S/C19H32O2.2C17H28O2.2C17H30O2.5C2H6/c1-6-17(2,3)16(20)21-18(4,5)19-10-13-7-14(11-19)9-15(8-13)12-19;1-5-16(2,3)15(18)19-17(4)13-7-11-6-12(9-13)10-14(17)8-11;1-5-16(2,3)15(18)19-17(4)10-11-9-14(17)13-8-6-7-12(11)13;1-5-16(2,3)15(18)19-17(4)12-8-10-13-9-6-7-11-14(13)17;1-5-16(2,3)15(18)19-17(4)11-10-13-8-6-7-9-14(13)12-17;5*1-2/h13-15H,6-12H2,1-5H3;2*11-14H,5-10H2,1-4H3;2*13-14H,5-12H2,1-4H3;5*1-2H3. The molecule has 0 saturated heterocycles. The minimum absolute atomic E-state index is 0.00345. The van der Waals surface area contributed by atoms with Crippen LogP contribution < -0.4 is 0 Å². The highest BCUT2D eigenvalue weighted by atomic mass is 16.6. The molecule has 107 heavy (non-hydrogen) atoms. The Hall–Kier alpha value is -2.65. The van der Waals surface area contributed by atoms with Gasteiger partial charge in [0.15, 0.2) is 0 Å². The van der Waals surface area contributed by atoms with Crippen molar-refractivity contribution in [3.05, 3.63) is 0 Å². The van der Waals surface area contributed by atoms with Crippen LogP contribution in [0.2, 0.25) is 0 Å². The summed E-state index contributed by atoms with van der Waals surface area (Å²) in [5, 5.41) is 0. The third kappa shape index (κ3) is 23.1. The second-order valence-electron chi connectivity index (χ2n) is 40.6. The number of ether oxygens (including phenoxy) is 5. The van der Waals surface area contributed by atoms with Crippen molar-refractivity contribution in [2.45, 2.75) is 467 Å². The molecule has 15 aliphatic rings. The zero-order valence-electron chi connectivity index (χ0n) is 76.5. The van der Waals surface area contributed by atoms with Gasteiger partial charge in [-0.25, -0.2) is 0 Å². The van der Waals surface area contributed by atoms with E-state index in [-0.39, 0.29) is 90.3 Å². The molecular formula is C97H178O10. The van der Waals surface area contributed by atoms with Gasteiger partial charge in [-0.05, 0) is 361 Å². The third-order valence-corrected chi connectivity index (χ3v) is 31.4. The molecule has 10 heteroatoms. The molecule has 11 atom stereocenters. The number of fused-ring (bicyclic) bond motifs is 7. The molecular weight excluding hydrogens is 1330 g/mol. The van der Waals surface area contributed by atoms with Crippen LogP contribution in [0.5, 0.6) is 0 Å². The van der Waals surface area contributed by atoms with E-state index >= 15 is 0 Å². The van der Waals surface area contributed by atoms with E-state index in [1.54, 1.807) is 0 Å². The molecule has 0 aromatic heterocycles. The first kappa shape index (κ1) is 96.7. The first-order valence-electron chi connectivity index (χ1n) is 46.3. The van der Waals surface area contributed by atoms with E-state index in [4.69, 9.17) is 23.7 Å². The van der Waals surface area contributed by atoms with Crippen LogP contribution in [0, 0.1) is 121 Å². The van der Waals surface area contributed by atoms with Crippen molar-refractivity contribution >= 4 is 29.8 Å². The summed E-state index contributed by atoms with van der Waals surface area (Å²) in [6.07, 6.45) is 43.4. The van der Waals surface area contributed by atoms with Crippen molar-refractivity contribution in [3.63, 3.8) is 0 Å². The van der Waals surface area contributed by atoms with E-state index in [0.29, 0.717) is 23.7 Å². The number of hydrogen-bond donors (Lipinski definition) is 0. The molecule has 15 aliphatic carbocycles. The summed E-state index contributed by atoms with van der Waals surface area (Å²) in [7, 11) is 0.